The predicted octanol–water partition coefficient (Wildman–Crippen LogP) is 4.52. The Hall–Kier alpha value is -2.29. The third kappa shape index (κ3) is 4.13. The summed E-state index contributed by atoms with van der Waals surface area (Å²) >= 11 is 0. The molecule has 1 atom stereocenters. The monoisotopic (exact) mass is 311 g/mol. The maximum Gasteiger partial charge on any atom is 0.202 e. The van der Waals surface area contributed by atoms with Gasteiger partial charge in [0.2, 0.25) is 5.78 Å². The van der Waals surface area contributed by atoms with Crippen LogP contribution < -0.4 is 10.5 Å². The van der Waals surface area contributed by atoms with E-state index >= 15 is 0 Å². The summed E-state index contributed by atoms with van der Waals surface area (Å²) in [6.07, 6.45) is -0.583. The fraction of sp³-hybridized carbons (Fsp3) is 0.350. The van der Waals surface area contributed by atoms with Gasteiger partial charge in [0, 0.05) is 5.56 Å². The number of rotatable bonds is 4. The number of ether oxygens (including phenoxy) is 1. The molecule has 0 aliphatic rings. The van der Waals surface area contributed by atoms with Crippen LogP contribution in [0.4, 0.5) is 5.69 Å². The molecule has 2 N–H and O–H groups in total. The van der Waals surface area contributed by atoms with Crippen molar-refractivity contribution >= 4 is 11.5 Å². The van der Waals surface area contributed by atoms with Gasteiger partial charge in [0.15, 0.2) is 6.10 Å². The third-order valence-corrected chi connectivity index (χ3v) is 3.87. The summed E-state index contributed by atoms with van der Waals surface area (Å²) in [4.78, 5) is 12.5. The number of carbonyl (C=O) groups is 1. The molecular formula is C20H25NO2. The zero-order chi connectivity index (χ0) is 17.2. The van der Waals surface area contributed by atoms with Gasteiger partial charge in [-0.1, -0.05) is 51.1 Å². The van der Waals surface area contributed by atoms with E-state index in [4.69, 9.17) is 10.5 Å². The molecule has 23 heavy (non-hydrogen) atoms. The van der Waals surface area contributed by atoms with Crippen molar-refractivity contribution in [3.63, 3.8) is 0 Å². The van der Waals surface area contributed by atoms with Crippen molar-refractivity contribution in [2.45, 2.75) is 46.1 Å². The van der Waals surface area contributed by atoms with Crippen LogP contribution in [-0.4, -0.2) is 11.9 Å². The Labute approximate surface area is 138 Å². The third-order valence-electron chi connectivity index (χ3n) is 3.87. The molecule has 0 spiro atoms. The molecular weight excluding hydrogens is 286 g/mol. The molecule has 2 rings (SSSR count). The maximum atomic E-state index is 12.5. The van der Waals surface area contributed by atoms with E-state index in [0.29, 0.717) is 17.0 Å². The van der Waals surface area contributed by atoms with Crippen molar-refractivity contribution in [3.05, 3.63) is 59.2 Å². The Morgan fingerprint density at radius 1 is 1.09 bits per heavy atom. The van der Waals surface area contributed by atoms with Crippen molar-refractivity contribution in [3.8, 4) is 5.75 Å². The van der Waals surface area contributed by atoms with E-state index in [-0.39, 0.29) is 11.2 Å². The minimum Gasteiger partial charge on any atom is -0.480 e. The summed E-state index contributed by atoms with van der Waals surface area (Å²) in [5.74, 6) is 0.494. The molecule has 0 heterocycles. The molecule has 1 unspecified atom stereocenters. The summed E-state index contributed by atoms with van der Waals surface area (Å²) < 4.78 is 5.74. The lowest BCUT2D eigenvalue weighted by atomic mass is 9.86. The Morgan fingerprint density at radius 2 is 1.70 bits per heavy atom. The second kappa shape index (κ2) is 6.45. The van der Waals surface area contributed by atoms with E-state index in [2.05, 4.69) is 20.8 Å². The van der Waals surface area contributed by atoms with Crippen LogP contribution in [0.25, 0.3) is 0 Å². The van der Waals surface area contributed by atoms with Gasteiger partial charge < -0.3 is 10.5 Å². The van der Waals surface area contributed by atoms with Gasteiger partial charge in [-0.15, -0.1) is 0 Å². The Balaban J connectivity index is 2.13. The minimum atomic E-state index is -0.583. The van der Waals surface area contributed by atoms with E-state index in [9.17, 15) is 4.79 Å². The predicted molar refractivity (Wildman–Crippen MR) is 95.2 cm³/mol. The molecule has 2 aromatic carbocycles. The molecule has 3 heteroatoms. The van der Waals surface area contributed by atoms with Crippen molar-refractivity contribution in [2.75, 3.05) is 5.73 Å². The molecule has 0 bridgehead atoms. The molecule has 0 amide bonds. The van der Waals surface area contributed by atoms with Crippen LogP contribution in [0.3, 0.4) is 0 Å². The molecule has 0 fully saturated rings. The molecule has 0 radical (unpaired) electrons. The number of nitrogen functional groups attached to an aromatic ring is 1. The number of Topliss-reactive ketones (excluding diaryl/α,β-unsaturated/α-hetero) is 1. The summed E-state index contributed by atoms with van der Waals surface area (Å²) in [5.41, 5.74) is 9.47. The summed E-state index contributed by atoms with van der Waals surface area (Å²) in [5, 5.41) is 0. The molecule has 122 valence electrons. The number of aryl methyl sites for hydroxylation is 1. The fourth-order valence-corrected chi connectivity index (χ4v) is 2.39. The smallest absolute Gasteiger partial charge is 0.202 e. The zero-order valence-electron chi connectivity index (χ0n) is 14.5. The normalized spacial score (nSPS) is 12.7. The lowest BCUT2D eigenvalue weighted by Gasteiger charge is -2.20. The highest BCUT2D eigenvalue weighted by Gasteiger charge is 2.19. The standard InChI is InChI=1S/C20H25NO2/c1-13-6-11-18(17(21)12-13)23-14(2)19(22)15-7-9-16(10-8-15)20(3,4)5/h6-12,14H,21H2,1-5H3. The van der Waals surface area contributed by atoms with Crippen LogP contribution in [0.1, 0.15) is 49.2 Å². The van der Waals surface area contributed by atoms with E-state index in [1.807, 2.05) is 43.3 Å². The summed E-state index contributed by atoms with van der Waals surface area (Å²) in [7, 11) is 0. The van der Waals surface area contributed by atoms with Gasteiger partial charge in [-0.2, -0.15) is 0 Å². The Morgan fingerprint density at radius 3 is 2.22 bits per heavy atom. The quantitative estimate of drug-likeness (QED) is 0.667. The molecule has 0 aliphatic carbocycles. The van der Waals surface area contributed by atoms with E-state index in [1.165, 1.54) is 5.56 Å². The van der Waals surface area contributed by atoms with E-state index < -0.39 is 6.10 Å². The first-order valence-corrected chi connectivity index (χ1v) is 7.86. The zero-order valence-corrected chi connectivity index (χ0v) is 14.5. The van der Waals surface area contributed by atoms with E-state index in [0.717, 1.165) is 5.56 Å². The van der Waals surface area contributed by atoms with Crippen LogP contribution in [0.2, 0.25) is 0 Å². The number of nitrogens with two attached hydrogens (primary N) is 1. The first kappa shape index (κ1) is 17.1. The minimum absolute atomic E-state index is 0.0505. The number of ketones is 1. The van der Waals surface area contributed by atoms with Gasteiger partial charge in [-0.25, -0.2) is 0 Å². The lowest BCUT2D eigenvalue weighted by molar-refractivity contribution is 0.0819. The summed E-state index contributed by atoms with van der Waals surface area (Å²) in [6.45, 7) is 10.2. The van der Waals surface area contributed by atoms with Gasteiger partial charge in [-0.3, -0.25) is 4.79 Å². The number of carbonyl (C=O) groups excluding carboxylic acids is 1. The molecule has 2 aromatic rings. The average Bonchev–Trinajstić information content (AvgIpc) is 2.48. The molecule has 0 aliphatic heterocycles. The number of anilines is 1. The number of hydrogen-bond donors (Lipinski definition) is 1. The van der Waals surface area contributed by atoms with Crippen LogP contribution in [-0.2, 0) is 5.41 Å². The van der Waals surface area contributed by atoms with Gasteiger partial charge in [0.1, 0.15) is 5.75 Å². The van der Waals surface area contributed by atoms with Crippen molar-refractivity contribution < 1.29 is 9.53 Å². The highest BCUT2D eigenvalue weighted by atomic mass is 16.5. The highest BCUT2D eigenvalue weighted by molar-refractivity contribution is 5.99. The van der Waals surface area contributed by atoms with Gasteiger partial charge >= 0.3 is 0 Å². The molecule has 3 nitrogen and oxygen atoms in total. The second-order valence-corrected chi connectivity index (χ2v) is 6.99. The van der Waals surface area contributed by atoms with Gasteiger partial charge in [-0.05, 0) is 42.5 Å². The SMILES string of the molecule is Cc1ccc(OC(C)C(=O)c2ccc(C(C)(C)C)cc2)c(N)c1. The average molecular weight is 311 g/mol. The van der Waals surface area contributed by atoms with Crippen molar-refractivity contribution in [1.82, 2.24) is 0 Å². The maximum absolute atomic E-state index is 12.5. The molecule has 0 aromatic heterocycles. The topological polar surface area (TPSA) is 52.3 Å². The first-order valence-electron chi connectivity index (χ1n) is 7.86. The largest absolute Gasteiger partial charge is 0.480 e. The van der Waals surface area contributed by atoms with Crippen LogP contribution in [0.5, 0.6) is 5.75 Å². The van der Waals surface area contributed by atoms with Crippen LogP contribution >= 0.6 is 0 Å². The Bertz CT molecular complexity index is 697. The fourth-order valence-electron chi connectivity index (χ4n) is 2.39. The second-order valence-electron chi connectivity index (χ2n) is 6.99. The first-order chi connectivity index (χ1) is 10.7. The van der Waals surface area contributed by atoms with Crippen LogP contribution in [0.15, 0.2) is 42.5 Å². The highest BCUT2D eigenvalue weighted by Crippen LogP contribution is 2.25. The van der Waals surface area contributed by atoms with Gasteiger partial charge in [0.05, 0.1) is 5.69 Å². The molecule has 0 saturated carbocycles. The van der Waals surface area contributed by atoms with E-state index in [1.54, 1.807) is 13.0 Å². The van der Waals surface area contributed by atoms with Crippen molar-refractivity contribution in [2.24, 2.45) is 0 Å². The number of hydrogen-bond acceptors (Lipinski definition) is 3. The molecule has 0 saturated heterocycles. The van der Waals surface area contributed by atoms with Crippen LogP contribution in [0, 0.1) is 6.92 Å². The Kier molecular flexibility index (Phi) is 4.79. The summed E-state index contributed by atoms with van der Waals surface area (Å²) in [6, 6.07) is 13.3. The number of benzene rings is 2. The lowest BCUT2D eigenvalue weighted by Crippen LogP contribution is -2.24. The van der Waals surface area contributed by atoms with Crippen molar-refractivity contribution in [1.29, 1.82) is 0 Å². The van der Waals surface area contributed by atoms with Gasteiger partial charge in [0.25, 0.3) is 0 Å².